The molecule has 2 aromatic heterocycles. The number of nitrogens with zero attached hydrogens (tertiary/aromatic N) is 1. The largest absolute Gasteiger partial charge is 0.508 e. The summed E-state index contributed by atoms with van der Waals surface area (Å²) in [4.78, 5) is 30.9. The molecule has 1 aromatic carbocycles. The van der Waals surface area contributed by atoms with Crippen LogP contribution in [0, 0.1) is 6.92 Å². The Balaban J connectivity index is 2.24. The number of phenolic OH excluding ortho intramolecular Hbond substituents is 1. The highest BCUT2D eigenvalue weighted by molar-refractivity contribution is 7.98. The quantitative estimate of drug-likeness (QED) is 0.431. The maximum atomic E-state index is 13.7. The number of thioether (sulfide) groups is 1. The molecule has 0 fully saturated rings. The molecule has 178 valence electrons. The molecule has 0 aliphatic carbocycles. The van der Waals surface area contributed by atoms with Crippen LogP contribution in [-0.2, 0) is 11.2 Å². The first kappa shape index (κ1) is 25.1. The number of aryl methyl sites for hydroxylation is 2. The van der Waals surface area contributed by atoms with Gasteiger partial charge >= 0.3 is 6.09 Å². The summed E-state index contributed by atoms with van der Waals surface area (Å²) in [5.41, 5.74) is 1.14. The SMILES string of the molecule is CCc1cc2c(=O)c(-c3nc(C)cs3)c(C(CCSC)NC(=O)OC(C)(C)C)oc2cc1O. The second-order valence-corrected chi connectivity index (χ2v) is 10.6. The summed E-state index contributed by atoms with van der Waals surface area (Å²) < 4.78 is 11.7. The highest BCUT2D eigenvalue weighted by Gasteiger charge is 2.28. The number of phenols is 1. The van der Waals surface area contributed by atoms with E-state index in [9.17, 15) is 14.7 Å². The number of amides is 1. The number of aromatic nitrogens is 1. The number of hydrogen-bond donors (Lipinski definition) is 2. The van der Waals surface area contributed by atoms with E-state index in [1.807, 2.05) is 25.5 Å². The number of alkyl carbamates (subject to hydrolysis) is 1. The average Bonchev–Trinajstić information content (AvgIpc) is 3.15. The Kier molecular flexibility index (Phi) is 7.74. The predicted octanol–water partition coefficient (Wildman–Crippen LogP) is 5.81. The lowest BCUT2D eigenvalue weighted by atomic mass is 10.0. The van der Waals surface area contributed by atoms with E-state index in [2.05, 4.69) is 10.3 Å². The Bertz CT molecular complexity index is 1210. The molecule has 33 heavy (non-hydrogen) atoms. The van der Waals surface area contributed by atoms with Crippen LogP contribution >= 0.6 is 23.1 Å². The highest BCUT2D eigenvalue weighted by Crippen LogP contribution is 2.34. The molecular formula is C24H30N2O5S2. The van der Waals surface area contributed by atoms with Crippen LogP contribution in [0.2, 0.25) is 0 Å². The van der Waals surface area contributed by atoms with Gasteiger partial charge in [0, 0.05) is 17.1 Å². The van der Waals surface area contributed by atoms with E-state index >= 15 is 0 Å². The molecule has 1 atom stereocenters. The van der Waals surface area contributed by atoms with E-state index < -0.39 is 17.7 Å². The summed E-state index contributed by atoms with van der Waals surface area (Å²) in [6.45, 7) is 9.14. The second kappa shape index (κ2) is 10.2. The normalized spacial score (nSPS) is 12.7. The minimum Gasteiger partial charge on any atom is -0.508 e. The van der Waals surface area contributed by atoms with Gasteiger partial charge in [0.25, 0.3) is 0 Å². The summed E-state index contributed by atoms with van der Waals surface area (Å²) in [5, 5.41) is 16.0. The van der Waals surface area contributed by atoms with E-state index in [0.717, 1.165) is 11.4 Å². The first-order valence-corrected chi connectivity index (χ1v) is 13.0. The molecule has 3 rings (SSSR count). The van der Waals surface area contributed by atoms with Crippen LogP contribution in [0.1, 0.15) is 57.2 Å². The molecule has 0 bridgehead atoms. The van der Waals surface area contributed by atoms with E-state index in [4.69, 9.17) is 9.15 Å². The van der Waals surface area contributed by atoms with Crippen molar-refractivity contribution < 1.29 is 19.1 Å². The average molecular weight is 491 g/mol. The van der Waals surface area contributed by atoms with Gasteiger partial charge in [-0.05, 0) is 64.2 Å². The topological polar surface area (TPSA) is 102 Å². The van der Waals surface area contributed by atoms with Crippen molar-refractivity contribution in [3.63, 3.8) is 0 Å². The summed E-state index contributed by atoms with van der Waals surface area (Å²) in [6, 6.07) is 2.52. The third-order valence-corrected chi connectivity index (χ3v) is 6.57. The Hall–Kier alpha value is -2.52. The lowest BCUT2D eigenvalue weighted by Crippen LogP contribution is -2.35. The minimum atomic E-state index is -0.671. The van der Waals surface area contributed by atoms with Gasteiger partial charge in [0.15, 0.2) is 0 Å². The molecule has 0 saturated heterocycles. The number of rotatable bonds is 7. The fraction of sp³-hybridized carbons (Fsp3) is 0.458. The fourth-order valence-corrected chi connectivity index (χ4v) is 4.76. The Morgan fingerprint density at radius 2 is 2.09 bits per heavy atom. The highest BCUT2D eigenvalue weighted by atomic mass is 32.2. The molecule has 0 spiro atoms. The standard InChI is InChI=1S/C24H30N2O5S2/c1-7-14-10-15-18(11-17(14)27)30-21(19(20(15)28)22-25-13(2)12-33-22)16(8-9-32-6)26-23(29)31-24(3,4)5/h10-12,16,27H,7-9H2,1-6H3,(H,26,29). The number of aromatic hydroxyl groups is 1. The Labute approximate surface area is 201 Å². The zero-order valence-electron chi connectivity index (χ0n) is 19.8. The molecule has 0 aliphatic rings. The van der Waals surface area contributed by atoms with Gasteiger partial charge in [0.05, 0.1) is 17.0 Å². The second-order valence-electron chi connectivity index (χ2n) is 8.78. The molecular weight excluding hydrogens is 460 g/mol. The molecule has 0 radical (unpaired) electrons. The molecule has 2 N–H and O–H groups in total. The van der Waals surface area contributed by atoms with Crippen LogP contribution in [0.5, 0.6) is 5.75 Å². The monoisotopic (exact) mass is 490 g/mol. The van der Waals surface area contributed by atoms with Crippen molar-refractivity contribution in [2.24, 2.45) is 0 Å². The van der Waals surface area contributed by atoms with Crippen molar-refractivity contribution in [3.8, 4) is 16.3 Å². The number of carbonyl (C=O) groups is 1. The fourth-order valence-electron chi connectivity index (χ4n) is 3.45. The van der Waals surface area contributed by atoms with Crippen molar-refractivity contribution in [2.45, 2.75) is 59.1 Å². The molecule has 3 aromatic rings. The summed E-state index contributed by atoms with van der Waals surface area (Å²) in [7, 11) is 0. The zero-order chi connectivity index (χ0) is 24.3. The number of hydrogen-bond acceptors (Lipinski definition) is 8. The van der Waals surface area contributed by atoms with Crippen LogP contribution < -0.4 is 10.7 Å². The van der Waals surface area contributed by atoms with Crippen LogP contribution in [0.4, 0.5) is 4.79 Å². The zero-order valence-corrected chi connectivity index (χ0v) is 21.4. The van der Waals surface area contributed by atoms with Gasteiger partial charge in [-0.15, -0.1) is 11.3 Å². The van der Waals surface area contributed by atoms with E-state index in [-0.39, 0.29) is 16.8 Å². The Morgan fingerprint density at radius 1 is 1.36 bits per heavy atom. The smallest absolute Gasteiger partial charge is 0.408 e. The lowest BCUT2D eigenvalue weighted by Gasteiger charge is -2.24. The van der Waals surface area contributed by atoms with Crippen LogP contribution in [0.25, 0.3) is 21.5 Å². The third kappa shape index (κ3) is 5.89. The maximum absolute atomic E-state index is 13.7. The van der Waals surface area contributed by atoms with E-state index in [0.29, 0.717) is 40.1 Å². The number of benzene rings is 1. The van der Waals surface area contributed by atoms with Gasteiger partial charge in [0.2, 0.25) is 5.43 Å². The van der Waals surface area contributed by atoms with Crippen LogP contribution in [0.3, 0.4) is 0 Å². The molecule has 0 saturated carbocycles. The molecule has 9 heteroatoms. The van der Waals surface area contributed by atoms with Gasteiger partial charge in [-0.3, -0.25) is 4.79 Å². The van der Waals surface area contributed by atoms with Crippen molar-refractivity contribution in [3.05, 3.63) is 44.8 Å². The minimum absolute atomic E-state index is 0.0673. The summed E-state index contributed by atoms with van der Waals surface area (Å²) in [5.74, 6) is 1.10. The van der Waals surface area contributed by atoms with Gasteiger partial charge < -0.3 is 19.6 Å². The van der Waals surface area contributed by atoms with Crippen LogP contribution in [-0.4, -0.2) is 33.8 Å². The summed E-state index contributed by atoms with van der Waals surface area (Å²) >= 11 is 2.97. The number of thiazole rings is 1. The molecule has 1 amide bonds. The predicted molar refractivity (Wildman–Crippen MR) is 134 cm³/mol. The molecule has 1 unspecified atom stereocenters. The molecule has 7 nitrogen and oxygen atoms in total. The first-order valence-electron chi connectivity index (χ1n) is 10.8. The Morgan fingerprint density at radius 3 is 2.67 bits per heavy atom. The van der Waals surface area contributed by atoms with Crippen molar-refractivity contribution in [2.75, 3.05) is 12.0 Å². The first-order chi connectivity index (χ1) is 15.5. The molecule has 0 aliphatic heterocycles. The van der Waals surface area contributed by atoms with E-state index in [1.54, 1.807) is 38.6 Å². The molecule has 2 heterocycles. The van der Waals surface area contributed by atoms with Crippen molar-refractivity contribution in [1.82, 2.24) is 10.3 Å². The maximum Gasteiger partial charge on any atom is 0.408 e. The number of ether oxygens (including phenoxy) is 1. The summed E-state index contributed by atoms with van der Waals surface area (Å²) in [6.07, 6.45) is 2.47. The third-order valence-electron chi connectivity index (χ3n) is 4.95. The number of carbonyl (C=O) groups excluding carboxylic acids is 1. The van der Waals surface area contributed by atoms with E-state index in [1.165, 1.54) is 17.4 Å². The van der Waals surface area contributed by atoms with Gasteiger partial charge in [-0.1, -0.05) is 6.92 Å². The lowest BCUT2D eigenvalue weighted by molar-refractivity contribution is 0.0496. The number of fused-ring (bicyclic) bond motifs is 1. The van der Waals surface area contributed by atoms with Gasteiger partial charge in [0.1, 0.15) is 27.7 Å². The van der Waals surface area contributed by atoms with Crippen molar-refractivity contribution in [1.29, 1.82) is 0 Å². The van der Waals surface area contributed by atoms with Gasteiger partial charge in [-0.2, -0.15) is 11.8 Å². The van der Waals surface area contributed by atoms with Crippen LogP contribution in [0.15, 0.2) is 26.7 Å². The number of nitrogens with one attached hydrogen (secondary N) is 1. The van der Waals surface area contributed by atoms with Crippen molar-refractivity contribution >= 4 is 40.2 Å². The van der Waals surface area contributed by atoms with Gasteiger partial charge in [-0.25, -0.2) is 9.78 Å².